The van der Waals surface area contributed by atoms with Crippen molar-refractivity contribution in [1.29, 1.82) is 0 Å². The molecule has 6 nitrogen and oxygen atoms in total. The molecule has 2 aromatic carbocycles. The second kappa shape index (κ2) is 8.55. The van der Waals surface area contributed by atoms with E-state index >= 15 is 4.39 Å². The van der Waals surface area contributed by atoms with Crippen LogP contribution in [-0.4, -0.2) is 30.5 Å². The molecule has 32 heavy (non-hydrogen) atoms. The van der Waals surface area contributed by atoms with Crippen molar-refractivity contribution in [3.05, 3.63) is 71.0 Å². The number of nitrogens with zero attached hydrogens (tertiary/aromatic N) is 2. The van der Waals surface area contributed by atoms with Crippen molar-refractivity contribution in [2.24, 2.45) is 0 Å². The molecule has 1 atom stereocenters. The summed E-state index contributed by atoms with van der Waals surface area (Å²) in [5.74, 6) is -2.87. The summed E-state index contributed by atoms with van der Waals surface area (Å²) in [5, 5.41) is 2.45. The number of benzene rings is 2. The van der Waals surface area contributed by atoms with Gasteiger partial charge in [-0.1, -0.05) is 17.7 Å². The van der Waals surface area contributed by atoms with Crippen molar-refractivity contribution >= 4 is 34.8 Å². The second-order valence-electron chi connectivity index (χ2n) is 7.26. The van der Waals surface area contributed by atoms with Crippen molar-refractivity contribution < 1.29 is 23.1 Å². The van der Waals surface area contributed by atoms with Crippen molar-refractivity contribution in [2.45, 2.75) is 12.8 Å². The molecule has 1 N–H and O–H groups in total. The first kappa shape index (κ1) is 21.7. The number of pyridine rings is 1. The van der Waals surface area contributed by atoms with Gasteiger partial charge in [0.2, 0.25) is 11.8 Å². The Morgan fingerprint density at radius 3 is 2.72 bits per heavy atom. The fourth-order valence-corrected chi connectivity index (χ4v) is 3.81. The normalized spacial score (nSPS) is 15.0. The number of rotatable bonds is 4. The first-order valence-corrected chi connectivity index (χ1v) is 10.1. The van der Waals surface area contributed by atoms with E-state index in [9.17, 15) is 14.0 Å². The number of ether oxygens (including phenoxy) is 1. The highest BCUT2D eigenvalue weighted by Crippen LogP contribution is 2.43. The number of carbonyl (C=O) groups is 2. The quantitative estimate of drug-likeness (QED) is 0.612. The summed E-state index contributed by atoms with van der Waals surface area (Å²) < 4.78 is 34.1. The van der Waals surface area contributed by atoms with Crippen LogP contribution in [0.3, 0.4) is 0 Å². The maximum atomic E-state index is 15.2. The van der Waals surface area contributed by atoms with E-state index < -0.39 is 35.9 Å². The number of halogens is 3. The third-order valence-electron chi connectivity index (χ3n) is 5.23. The SMILES string of the molecule is COc1cc(F)c2c(c1)N(CC(=O)Nc1ccc(Cl)c(F)c1)C(=O)C(C)c1ncccc1-2. The van der Waals surface area contributed by atoms with Gasteiger partial charge >= 0.3 is 0 Å². The Labute approximate surface area is 187 Å². The van der Waals surface area contributed by atoms with Crippen LogP contribution in [-0.2, 0) is 9.59 Å². The number of carbonyl (C=O) groups excluding carboxylic acids is 2. The van der Waals surface area contributed by atoms with Crippen LogP contribution in [0.5, 0.6) is 5.75 Å². The van der Waals surface area contributed by atoms with Gasteiger partial charge in [0.25, 0.3) is 0 Å². The lowest BCUT2D eigenvalue weighted by molar-refractivity contribution is -0.122. The topological polar surface area (TPSA) is 71.5 Å². The van der Waals surface area contributed by atoms with Crippen molar-refractivity contribution in [2.75, 3.05) is 23.9 Å². The molecule has 164 valence electrons. The molecule has 0 fully saturated rings. The van der Waals surface area contributed by atoms with E-state index in [1.165, 1.54) is 42.5 Å². The predicted molar refractivity (Wildman–Crippen MR) is 117 cm³/mol. The van der Waals surface area contributed by atoms with Crippen LogP contribution in [0.15, 0.2) is 48.7 Å². The minimum atomic E-state index is -0.732. The summed E-state index contributed by atoms with van der Waals surface area (Å²) in [5.41, 5.74) is 1.38. The Morgan fingerprint density at radius 2 is 2.00 bits per heavy atom. The standard InChI is InChI=1S/C23H18ClF2N3O3/c1-12-22-15(4-3-7-27-22)21-18(26)9-14(32-2)10-19(21)29(23(12)31)11-20(30)28-13-5-6-16(24)17(25)8-13/h3-10,12H,11H2,1-2H3,(H,28,30). The van der Waals surface area contributed by atoms with Crippen molar-refractivity contribution in [3.8, 4) is 16.9 Å². The Morgan fingerprint density at radius 1 is 1.22 bits per heavy atom. The smallest absolute Gasteiger partial charge is 0.244 e. The molecule has 2 amide bonds. The highest BCUT2D eigenvalue weighted by atomic mass is 35.5. The van der Waals surface area contributed by atoms with Crippen LogP contribution >= 0.6 is 11.6 Å². The lowest BCUT2D eigenvalue weighted by atomic mass is 9.97. The molecule has 0 saturated carbocycles. The monoisotopic (exact) mass is 457 g/mol. The summed E-state index contributed by atoms with van der Waals surface area (Å²) in [6.45, 7) is 1.22. The Balaban J connectivity index is 1.77. The van der Waals surface area contributed by atoms with Crippen LogP contribution in [0.1, 0.15) is 18.5 Å². The van der Waals surface area contributed by atoms with Crippen LogP contribution in [0.25, 0.3) is 11.1 Å². The molecule has 1 aliphatic rings. The van der Waals surface area contributed by atoms with E-state index in [1.807, 2.05) is 0 Å². The average molecular weight is 458 g/mol. The number of methoxy groups -OCH3 is 1. The van der Waals surface area contributed by atoms with Crippen molar-refractivity contribution in [1.82, 2.24) is 4.98 Å². The van der Waals surface area contributed by atoms with Gasteiger partial charge in [0, 0.05) is 35.1 Å². The van der Waals surface area contributed by atoms with Crippen LogP contribution in [0, 0.1) is 11.6 Å². The fraction of sp³-hybridized carbons (Fsp3) is 0.174. The van der Waals surface area contributed by atoms with E-state index in [2.05, 4.69) is 10.3 Å². The summed E-state index contributed by atoms with van der Waals surface area (Å²) >= 11 is 5.68. The number of hydrogen-bond donors (Lipinski definition) is 1. The molecular formula is C23H18ClF2N3O3. The van der Waals surface area contributed by atoms with E-state index in [1.54, 1.807) is 19.1 Å². The molecular weight excluding hydrogens is 440 g/mol. The second-order valence-corrected chi connectivity index (χ2v) is 7.67. The third-order valence-corrected chi connectivity index (χ3v) is 5.54. The molecule has 0 aliphatic carbocycles. The summed E-state index contributed by atoms with van der Waals surface area (Å²) in [6, 6.07) is 9.87. The molecule has 1 aromatic heterocycles. The Hall–Kier alpha value is -3.52. The first-order chi connectivity index (χ1) is 15.3. The van der Waals surface area contributed by atoms with E-state index in [0.717, 1.165) is 6.07 Å². The van der Waals surface area contributed by atoms with Crippen LogP contribution < -0.4 is 15.0 Å². The van der Waals surface area contributed by atoms with Gasteiger partial charge in [-0.25, -0.2) is 8.78 Å². The molecule has 4 rings (SSSR count). The van der Waals surface area contributed by atoms with Gasteiger partial charge in [-0.2, -0.15) is 0 Å². The predicted octanol–water partition coefficient (Wildman–Crippen LogP) is 4.78. The molecule has 0 radical (unpaired) electrons. The molecule has 1 unspecified atom stereocenters. The van der Waals surface area contributed by atoms with Gasteiger partial charge in [0.15, 0.2) is 0 Å². The molecule has 0 spiro atoms. The average Bonchev–Trinajstić information content (AvgIpc) is 2.86. The van der Waals surface area contributed by atoms with Gasteiger partial charge in [-0.3, -0.25) is 14.6 Å². The van der Waals surface area contributed by atoms with E-state index in [0.29, 0.717) is 11.3 Å². The number of fused-ring (bicyclic) bond motifs is 3. The highest BCUT2D eigenvalue weighted by Gasteiger charge is 2.35. The maximum absolute atomic E-state index is 15.2. The zero-order valence-corrected chi connectivity index (χ0v) is 17.9. The Kier molecular flexibility index (Phi) is 5.80. The minimum absolute atomic E-state index is 0.0821. The first-order valence-electron chi connectivity index (χ1n) is 9.69. The lowest BCUT2D eigenvalue weighted by Crippen LogP contribution is -2.40. The molecule has 0 saturated heterocycles. The van der Waals surface area contributed by atoms with Crippen LogP contribution in [0.2, 0.25) is 5.02 Å². The fourth-order valence-electron chi connectivity index (χ4n) is 3.69. The Bertz CT molecular complexity index is 1240. The van der Waals surface area contributed by atoms with Gasteiger partial charge in [-0.05, 0) is 31.2 Å². The van der Waals surface area contributed by atoms with Crippen molar-refractivity contribution in [3.63, 3.8) is 0 Å². The van der Waals surface area contributed by atoms with E-state index in [4.69, 9.17) is 16.3 Å². The minimum Gasteiger partial charge on any atom is -0.497 e. The van der Waals surface area contributed by atoms with Gasteiger partial charge in [-0.15, -0.1) is 0 Å². The molecule has 1 aliphatic heterocycles. The summed E-state index contributed by atoms with van der Waals surface area (Å²) in [4.78, 5) is 31.6. The summed E-state index contributed by atoms with van der Waals surface area (Å²) in [6.07, 6.45) is 1.53. The molecule has 9 heteroatoms. The number of anilines is 2. The number of amides is 2. The maximum Gasteiger partial charge on any atom is 0.244 e. The largest absolute Gasteiger partial charge is 0.497 e. The zero-order valence-electron chi connectivity index (χ0n) is 17.2. The summed E-state index contributed by atoms with van der Waals surface area (Å²) in [7, 11) is 1.38. The van der Waals surface area contributed by atoms with Crippen LogP contribution in [0.4, 0.5) is 20.2 Å². The number of aromatic nitrogens is 1. The third kappa shape index (κ3) is 3.89. The number of nitrogens with one attached hydrogen (secondary N) is 1. The molecule has 3 aromatic rings. The lowest BCUT2D eigenvalue weighted by Gasteiger charge is -2.25. The highest BCUT2D eigenvalue weighted by molar-refractivity contribution is 6.30. The van der Waals surface area contributed by atoms with E-state index in [-0.39, 0.29) is 27.7 Å². The molecule has 0 bridgehead atoms. The van der Waals surface area contributed by atoms with Gasteiger partial charge < -0.3 is 15.0 Å². The van der Waals surface area contributed by atoms with Gasteiger partial charge in [0.05, 0.1) is 29.4 Å². The molecule has 2 heterocycles. The van der Waals surface area contributed by atoms with Gasteiger partial charge in [0.1, 0.15) is 23.9 Å². The number of hydrogen-bond acceptors (Lipinski definition) is 4. The zero-order chi connectivity index (χ0) is 23.0.